The molecule has 30 heavy (non-hydrogen) atoms. The standard InChI is InChI=1S/C23H38N2O5/c1-2-3-4-8-11-21(26)25-16-22(27)24-15-18-17(19-13-14-20(18)30-19)10-7-5-6-9-12-23(28)29/h5,7,17-20H,2-4,6,8-16H2,1H3,(H,24,27)(H,25,26)(H,28,29)/t17-,18+,19+,20+/m1/s1. The lowest BCUT2D eigenvalue weighted by Gasteiger charge is -2.27. The molecule has 0 aromatic heterocycles. The molecular weight excluding hydrogens is 384 g/mol. The molecule has 2 heterocycles. The zero-order valence-corrected chi connectivity index (χ0v) is 18.2. The molecule has 2 saturated heterocycles. The predicted octanol–water partition coefficient (Wildman–Crippen LogP) is 3.18. The summed E-state index contributed by atoms with van der Waals surface area (Å²) >= 11 is 0. The van der Waals surface area contributed by atoms with Gasteiger partial charge in [0.25, 0.3) is 0 Å². The fraction of sp³-hybridized carbons (Fsp3) is 0.783. The Balaban J connectivity index is 1.66. The van der Waals surface area contributed by atoms with Gasteiger partial charge in [-0.15, -0.1) is 0 Å². The Morgan fingerprint density at radius 3 is 2.43 bits per heavy atom. The van der Waals surface area contributed by atoms with E-state index in [9.17, 15) is 14.4 Å². The van der Waals surface area contributed by atoms with Crippen molar-refractivity contribution in [3.05, 3.63) is 12.2 Å². The molecule has 170 valence electrons. The summed E-state index contributed by atoms with van der Waals surface area (Å²) in [6.07, 6.45) is 13.9. The number of carbonyl (C=O) groups excluding carboxylic acids is 2. The van der Waals surface area contributed by atoms with Crippen LogP contribution in [-0.4, -0.2) is 48.2 Å². The Bertz CT molecular complexity index is 592. The van der Waals surface area contributed by atoms with Crippen LogP contribution in [0.1, 0.15) is 77.6 Å². The molecule has 0 unspecified atom stereocenters. The predicted molar refractivity (Wildman–Crippen MR) is 115 cm³/mol. The summed E-state index contributed by atoms with van der Waals surface area (Å²) in [6.45, 7) is 2.74. The fourth-order valence-corrected chi connectivity index (χ4v) is 4.50. The van der Waals surface area contributed by atoms with Gasteiger partial charge in [-0.1, -0.05) is 38.3 Å². The van der Waals surface area contributed by atoms with Crippen LogP contribution in [0.25, 0.3) is 0 Å². The Morgan fingerprint density at radius 1 is 0.933 bits per heavy atom. The van der Waals surface area contributed by atoms with Crippen LogP contribution in [-0.2, 0) is 19.1 Å². The first-order valence-electron chi connectivity index (χ1n) is 11.6. The summed E-state index contributed by atoms with van der Waals surface area (Å²) in [7, 11) is 0. The van der Waals surface area contributed by atoms with Crippen molar-refractivity contribution in [1.82, 2.24) is 10.6 Å². The van der Waals surface area contributed by atoms with Crippen molar-refractivity contribution in [1.29, 1.82) is 0 Å². The summed E-state index contributed by atoms with van der Waals surface area (Å²) in [5.74, 6) is -0.291. The van der Waals surface area contributed by atoms with Gasteiger partial charge in [0.05, 0.1) is 18.8 Å². The second-order valence-electron chi connectivity index (χ2n) is 8.50. The summed E-state index contributed by atoms with van der Waals surface area (Å²) in [6, 6.07) is 0. The third kappa shape index (κ3) is 8.46. The SMILES string of the molecule is CCCCCCC(=O)NCC(=O)NC[C@H]1[C@@H](CC=CCCCC(=O)O)[C@@H]2CC[C@@H]1O2. The molecule has 7 heteroatoms. The number of carboxylic acids is 1. The third-order valence-corrected chi connectivity index (χ3v) is 6.17. The van der Waals surface area contributed by atoms with Gasteiger partial charge in [0.15, 0.2) is 0 Å². The van der Waals surface area contributed by atoms with E-state index in [-0.39, 0.29) is 37.0 Å². The van der Waals surface area contributed by atoms with Gasteiger partial charge in [0.1, 0.15) is 0 Å². The van der Waals surface area contributed by atoms with Gasteiger partial charge >= 0.3 is 5.97 Å². The number of ether oxygens (including phenoxy) is 1. The lowest BCUT2D eigenvalue weighted by atomic mass is 9.77. The molecule has 0 aromatic rings. The highest BCUT2D eigenvalue weighted by molar-refractivity contribution is 5.84. The van der Waals surface area contributed by atoms with E-state index in [1.165, 1.54) is 0 Å². The van der Waals surface area contributed by atoms with Gasteiger partial charge in [-0.25, -0.2) is 0 Å². The van der Waals surface area contributed by atoms with E-state index in [0.717, 1.165) is 51.4 Å². The van der Waals surface area contributed by atoms with Crippen molar-refractivity contribution in [3.8, 4) is 0 Å². The molecule has 2 aliphatic heterocycles. The Morgan fingerprint density at radius 2 is 1.70 bits per heavy atom. The molecule has 0 saturated carbocycles. The number of carboxylic acid groups (broad SMARTS) is 1. The number of unbranched alkanes of at least 4 members (excludes halogenated alkanes) is 4. The van der Waals surface area contributed by atoms with Crippen LogP contribution in [0.4, 0.5) is 0 Å². The summed E-state index contributed by atoms with van der Waals surface area (Å²) in [4.78, 5) is 34.5. The first-order chi connectivity index (χ1) is 14.5. The van der Waals surface area contributed by atoms with Crippen molar-refractivity contribution >= 4 is 17.8 Å². The normalized spacial score (nSPS) is 25.0. The molecule has 2 aliphatic rings. The van der Waals surface area contributed by atoms with Gasteiger partial charge in [0, 0.05) is 25.3 Å². The van der Waals surface area contributed by atoms with Crippen molar-refractivity contribution in [2.24, 2.45) is 11.8 Å². The monoisotopic (exact) mass is 422 g/mol. The van der Waals surface area contributed by atoms with Crippen LogP contribution in [0.5, 0.6) is 0 Å². The van der Waals surface area contributed by atoms with Crippen LogP contribution >= 0.6 is 0 Å². The zero-order valence-electron chi connectivity index (χ0n) is 18.2. The molecule has 2 amide bonds. The number of hydrogen-bond donors (Lipinski definition) is 3. The smallest absolute Gasteiger partial charge is 0.303 e. The number of hydrogen-bond acceptors (Lipinski definition) is 4. The van der Waals surface area contributed by atoms with Crippen LogP contribution in [0.3, 0.4) is 0 Å². The molecule has 0 aromatic carbocycles. The number of amides is 2. The van der Waals surface area contributed by atoms with E-state index in [1.807, 2.05) is 0 Å². The maximum absolute atomic E-state index is 12.2. The summed E-state index contributed by atoms with van der Waals surface area (Å²) < 4.78 is 6.07. The van der Waals surface area contributed by atoms with Crippen molar-refractivity contribution in [3.63, 3.8) is 0 Å². The average Bonchev–Trinajstić information content (AvgIpc) is 3.32. The van der Waals surface area contributed by atoms with Gasteiger partial charge in [-0.3, -0.25) is 14.4 Å². The number of nitrogens with one attached hydrogen (secondary N) is 2. The number of aliphatic carboxylic acids is 1. The largest absolute Gasteiger partial charge is 0.481 e. The highest BCUT2D eigenvalue weighted by Crippen LogP contribution is 2.44. The zero-order chi connectivity index (χ0) is 21.8. The fourth-order valence-electron chi connectivity index (χ4n) is 4.50. The topological polar surface area (TPSA) is 105 Å². The first kappa shape index (κ1) is 24.4. The molecular formula is C23H38N2O5. The molecule has 7 nitrogen and oxygen atoms in total. The van der Waals surface area contributed by atoms with E-state index in [2.05, 4.69) is 29.7 Å². The molecule has 4 atom stereocenters. The number of carbonyl (C=O) groups is 3. The maximum atomic E-state index is 12.2. The molecule has 3 N–H and O–H groups in total. The Labute approximate surface area is 180 Å². The summed E-state index contributed by atoms with van der Waals surface area (Å²) in [5.41, 5.74) is 0. The second kappa shape index (κ2) is 13.4. The number of allylic oxidation sites excluding steroid dienone is 2. The van der Waals surface area contributed by atoms with E-state index in [0.29, 0.717) is 31.2 Å². The van der Waals surface area contributed by atoms with Crippen LogP contribution in [0, 0.1) is 11.8 Å². The molecule has 0 aliphatic carbocycles. The third-order valence-electron chi connectivity index (χ3n) is 6.17. The van der Waals surface area contributed by atoms with Crippen LogP contribution in [0.2, 0.25) is 0 Å². The first-order valence-corrected chi connectivity index (χ1v) is 11.6. The quantitative estimate of drug-likeness (QED) is 0.278. The minimum absolute atomic E-state index is 0.0302. The minimum Gasteiger partial charge on any atom is -0.481 e. The lowest BCUT2D eigenvalue weighted by Crippen LogP contribution is -2.42. The number of fused-ring (bicyclic) bond motifs is 2. The molecule has 2 rings (SSSR count). The second-order valence-corrected chi connectivity index (χ2v) is 8.50. The van der Waals surface area contributed by atoms with Crippen molar-refractivity contribution in [2.45, 2.75) is 89.8 Å². The number of rotatable bonds is 15. The van der Waals surface area contributed by atoms with Gasteiger partial charge in [-0.2, -0.15) is 0 Å². The Hall–Kier alpha value is -1.89. The van der Waals surface area contributed by atoms with E-state index in [4.69, 9.17) is 9.84 Å². The van der Waals surface area contributed by atoms with E-state index < -0.39 is 5.97 Å². The lowest BCUT2D eigenvalue weighted by molar-refractivity contribution is -0.137. The van der Waals surface area contributed by atoms with E-state index in [1.54, 1.807) is 0 Å². The molecule has 0 spiro atoms. The molecule has 2 bridgehead atoms. The van der Waals surface area contributed by atoms with Crippen molar-refractivity contribution in [2.75, 3.05) is 13.1 Å². The van der Waals surface area contributed by atoms with Crippen molar-refractivity contribution < 1.29 is 24.2 Å². The molecule has 2 fully saturated rings. The van der Waals surface area contributed by atoms with Crippen LogP contribution < -0.4 is 10.6 Å². The van der Waals surface area contributed by atoms with Gasteiger partial charge < -0.3 is 20.5 Å². The van der Waals surface area contributed by atoms with E-state index >= 15 is 0 Å². The van der Waals surface area contributed by atoms with Gasteiger partial charge in [-0.05, 0) is 44.4 Å². The average molecular weight is 423 g/mol. The summed E-state index contributed by atoms with van der Waals surface area (Å²) in [5, 5.41) is 14.4. The maximum Gasteiger partial charge on any atom is 0.303 e. The molecule has 0 radical (unpaired) electrons. The highest BCUT2D eigenvalue weighted by Gasteiger charge is 2.47. The minimum atomic E-state index is -0.756. The Kier molecular flexibility index (Phi) is 10.9. The van der Waals surface area contributed by atoms with Gasteiger partial charge in [0.2, 0.25) is 11.8 Å². The van der Waals surface area contributed by atoms with Crippen LogP contribution in [0.15, 0.2) is 12.2 Å². The highest BCUT2D eigenvalue weighted by atomic mass is 16.5.